The van der Waals surface area contributed by atoms with Gasteiger partial charge in [0.15, 0.2) is 0 Å². The van der Waals surface area contributed by atoms with Crippen molar-refractivity contribution in [3.8, 4) is 16.9 Å². The molecule has 0 atom stereocenters. The monoisotopic (exact) mass is 263 g/mol. The second kappa shape index (κ2) is 5.69. The van der Waals surface area contributed by atoms with E-state index in [2.05, 4.69) is 16.9 Å². The molecule has 2 N–H and O–H groups in total. The minimum atomic E-state index is 0.425. The molecule has 0 aliphatic rings. The van der Waals surface area contributed by atoms with E-state index in [0.717, 1.165) is 17.5 Å². The second-order valence-electron chi connectivity index (χ2n) is 3.84. The van der Waals surface area contributed by atoms with Crippen LogP contribution in [0.2, 0.25) is 5.02 Å². The summed E-state index contributed by atoms with van der Waals surface area (Å²) in [7, 11) is 0. The molecule has 0 saturated carbocycles. The lowest BCUT2D eigenvalue weighted by molar-refractivity contribution is 0.316. The Morgan fingerprint density at radius 1 is 1.28 bits per heavy atom. The summed E-state index contributed by atoms with van der Waals surface area (Å²) >= 11 is 5.92. The molecule has 0 amide bonds. The molecule has 94 valence electrons. The van der Waals surface area contributed by atoms with Gasteiger partial charge in [0.1, 0.15) is 11.6 Å². The fourth-order valence-electron chi connectivity index (χ4n) is 1.55. The van der Waals surface area contributed by atoms with Crippen LogP contribution in [-0.2, 0) is 0 Å². The van der Waals surface area contributed by atoms with Gasteiger partial charge < -0.3 is 10.5 Å². The van der Waals surface area contributed by atoms with E-state index >= 15 is 0 Å². The number of anilines is 1. The van der Waals surface area contributed by atoms with Crippen LogP contribution in [0.15, 0.2) is 30.7 Å². The Balaban J connectivity index is 2.35. The summed E-state index contributed by atoms with van der Waals surface area (Å²) in [5.74, 6) is 1.14. The highest BCUT2D eigenvalue weighted by atomic mass is 35.5. The number of hydrogen-bond acceptors (Lipinski definition) is 4. The van der Waals surface area contributed by atoms with Crippen molar-refractivity contribution in [3.63, 3.8) is 0 Å². The quantitative estimate of drug-likeness (QED) is 0.920. The molecule has 0 aliphatic carbocycles. The van der Waals surface area contributed by atoms with Gasteiger partial charge in [-0.3, -0.25) is 4.98 Å². The van der Waals surface area contributed by atoms with Gasteiger partial charge >= 0.3 is 0 Å². The van der Waals surface area contributed by atoms with E-state index in [9.17, 15) is 0 Å². The van der Waals surface area contributed by atoms with Gasteiger partial charge in [0, 0.05) is 23.5 Å². The number of ether oxygens (including phenoxy) is 1. The molecule has 0 saturated heterocycles. The normalized spacial score (nSPS) is 10.3. The van der Waals surface area contributed by atoms with Crippen LogP contribution in [0.25, 0.3) is 11.1 Å². The van der Waals surface area contributed by atoms with Crippen molar-refractivity contribution in [2.45, 2.75) is 13.3 Å². The van der Waals surface area contributed by atoms with E-state index in [1.165, 1.54) is 6.20 Å². The summed E-state index contributed by atoms with van der Waals surface area (Å²) < 4.78 is 5.53. The standard InChI is InChI=1S/C13H14ClN3O/c1-2-3-18-11-4-9(6-16-8-11)12-5-10(14)7-17-13(12)15/h4-8H,2-3H2,1H3,(H2,15,17). The largest absolute Gasteiger partial charge is 0.492 e. The van der Waals surface area contributed by atoms with E-state index < -0.39 is 0 Å². The first kappa shape index (κ1) is 12.6. The predicted molar refractivity (Wildman–Crippen MR) is 72.7 cm³/mol. The van der Waals surface area contributed by atoms with Crippen molar-refractivity contribution in [2.75, 3.05) is 12.3 Å². The molecule has 2 aromatic heterocycles. The second-order valence-corrected chi connectivity index (χ2v) is 4.28. The van der Waals surface area contributed by atoms with Crippen LogP contribution in [0.4, 0.5) is 5.82 Å². The number of pyridine rings is 2. The minimum Gasteiger partial charge on any atom is -0.492 e. The average molecular weight is 264 g/mol. The Bertz CT molecular complexity index is 546. The third-order valence-electron chi connectivity index (χ3n) is 2.38. The van der Waals surface area contributed by atoms with Crippen molar-refractivity contribution in [3.05, 3.63) is 35.7 Å². The van der Waals surface area contributed by atoms with E-state index in [1.807, 2.05) is 6.07 Å². The summed E-state index contributed by atoms with van der Waals surface area (Å²) in [4.78, 5) is 8.16. The van der Waals surface area contributed by atoms with Crippen LogP contribution < -0.4 is 10.5 Å². The molecule has 5 heteroatoms. The first-order chi connectivity index (χ1) is 8.70. The zero-order valence-corrected chi connectivity index (χ0v) is 10.8. The van der Waals surface area contributed by atoms with E-state index in [0.29, 0.717) is 23.2 Å². The Labute approximate surface area is 111 Å². The predicted octanol–water partition coefficient (Wildman–Crippen LogP) is 3.17. The van der Waals surface area contributed by atoms with E-state index in [-0.39, 0.29) is 0 Å². The van der Waals surface area contributed by atoms with Crippen LogP contribution in [-0.4, -0.2) is 16.6 Å². The maximum Gasteiger partial charge on any atom is 0.138 e. The van der Waals surface area contributed by atoms with Gasteiger partial charge in [-0.05, 0) is 18.6 Å². The van der Waals surface area contributed by atoms with Crippen molar-refractivity contribution < 1.29 is 4.74 Å². The zero-order chi connectivity index (χ0) is 13.0. The maximum absolute atomic E-state index is 5.92. The first-order valence-electron chi connectivity index (χ1n) is 5.70. The number of hydrogen-bond donors (Lipinski definition) is 1. The Morgan fingerprint density at radius 2 is 2.11 bits per heavy atom. The number of rotatable bonds is 4. The lowest BCUT2D eigenvalue weighted by atomic mass is 10.1. The van der Waals surface area contributed by atoms with Gasteiger partial charge in [-0.2, -0.15) is 0 Å². The smallest absolute Gasteiger partial charge is 0.138 e. The molecule has 2 heterocycles. The summed E-state index contributed by atoms with van der Waals surface area (Å²) in [6.45, 7) is 2.71. The van der Waals surface area contributed by atoms with Crippen LogP contribution in [0.5, 0.6) is 5.75 Å². The molecule has 18 heavy (non-hydrogen) atoms. The summed E-state index contributed by atoms with van der Waals surface area (Å²) in [5.41, 5.74) is 7.44. The molecule has 0 unspecified atom stereocenters. The SMILES string of the molecule is CCCOc1cncc(-c2cc(Cl)cnc2N)c1. The molecule has 2 aromatic rings. The third kappa shape index (κ3) is 2.90. The molecule has 0 bridgehead atoms. The first-order valence-corrected chi connectivity index (χ1v) is 6.07. The molecule has 0 aliphatic heterocycles. The van der Waals surface area contributed by atoms with Gasteiger partial charge in [0.05, 0.1) is 17.8 Å². The molecular weight excluding hydrogens is 250 g/mol. The molecule has 0 radical (unpaired) electrons. The summed E-state index contributed by atoms with van der Waals surface area (Å²) in [6, 6.07) is 3.65. The third-order valence-corrected chi connectivity index (χ3v) is 2.59. The molecule has 4 nitrogen and oxygen atoms in total. The van der Waals surface area contributed by atoms with E-state index in [4.69, 9.17) is 22.1 Å². The maximum atomic E-state index is 5.92. The molecule has 0 fully saturated rings. The number of halogens is 1. The van der Waals surface area contributed by atoms with Gasteiger partial charge in [0.25, 0.3) is 0 Å². The molecular formula is C13H14ClN3O. The average Bonchev–Trinajstić information content (AvgIpc) is 2.39. The fraction of sp³-hybridized carbons (Fsp3) is 0.231. The van der Waals surface area contributed by atoms with Crippen LogP contribution in [0.1, 0.15) is 13.3 Å². The van der Waals surface area contributed by atoms with Crippen LogP contribution in [0.3, 0.4) is 0 Å². The minimum absolute atomic E-state index is 0.425. The topological polar surface area (TPSA) is 61.0 Å². The Kier molecular flexibility index (Phi) is 3.99. The summed E-state index contributed by atoms with van der Waals surface area (Å²) in [5, 5.41) is 0.541. The number of nitrogens with two attached hydrogens (primary N) is 1. The molecule has 2 rings (SSSR count). The Morgan fingerprint density at radius 3 is 2.89 bits per heavy atom. The van der Waals surface area contributed by atoms with Gasteiger partial charge in [0.2, 0.25) is 0 Å². The lowest BCUT2D eigenvalue weighted by Gasteiger charge is -2.08. The fourth-order valence-corrected chi connectivity index (χ4v) is 1.70. The van der Waals surface area contributed by atoms with Gasteiger partial charge in [-0.1, -0.05) is 18.5 Å². The van der Waals surface area contributed by atoms with Gasteiger partial charge in [-0.15, -0.1) is 0 Å². The number of nitrogen functional groups attached to an aromatic ring is 1. The highest BCUT2D eigenvalue weighted by Gasteiger charge is 2.06. The highest BCUT2D eigenvalue weighted by Crippen LogP contribution is 2.28. The number of nitrogens with zero attached hydrogens (tertiary/aromatic N) is 2. The lowest BCUT2D eigenvalue weighted by Crippen LogP contribution is -1.97. The zero-order valence-electron chi connectivity index (χ0n) is 10.1. The molecule has 0 spiro atoms. The van der Waals surface area contributed by atoms with Crippen molar-refractivity contribution >= 4 is 17.4 Å². The van der Waals surface area contributed by atoms with Crippen molar-refractivity contribution in [1.82, 2.24) is 9.97 Å². The summed E-state index contributed by atoms with van der Waals surface area (Å²) in [6.07, 6.45) is 5.85. The Hall–Kier alpha value is -1.81. The highest BCUT2D eigenvalue weighted by molar-refractivity contribution is 6.30. The van der Waals surface area contributed by atoms with Gasteiger partial charge in [-0.25, -0.2) is 4.98 Å². The number of aromatic nitrogens is 2. The van der Waals surface area contributed by atoms with E-state index in [1.54, 1.807) is 18.5 Å². The molecule has 0 aromatic carbocycles. The van der Waals surface area contributed by atoms with Crippen LogP contribution in [0, 0.1) is 0 Å². The van der Waals surface area contributed by atoms with Crippen molar-refractivity contribution in [2.24, 2.45) is 0 Å². The van der Waals surface area contributed by atoms with Crippen molar-refractivity contribution in [1.29, 1.82) is 0 Å². The van der Waals surface area contributed by atoms with Crippen LogP contribution >= 0.6 is 11.6 Å².